The van der Waals surface area contributed by atoms with Crippen LogP contribution < -0.4 is 10.6 Å². The molecule has 0 bridgehead atoms. The highest BCUT2D eigenvalue weighted by Crippen LogP contribution is 2.17. The van der Waals surface area contributed by atoms with Gasteiger partial charge in [-0.3, -0.25) is 9.59 Å². The SMILES string of the molecule is O=C(O)CCCNC(=O)Nc1cccc(CN2CCCCC2=O)c1. The van der Waals surface area contributed by atoms with E-state index in [2.05, 4.69) is 10.6 Å². The summed E-state index contributed by atoms with van der Waals surface area (Å²) in [5.41, 5.74) is 1.61. The number of carbonyl (C=O) groups is 3. The second-order valence-corrected chi connectivity index (χ2v) is 5.85. The van der Waals surface area contributed by atoms with Crippen LogP contribution in [-0.2, 0) is 16.1 Å². The van der Waals surface area contributed by atoms with E-state index in [1.165, 1.54) is 0 Å². The van der Waals surface area contributed by atoms with E-state index in [0.29, 0.717) is 31.6 Å². The number of hydrogen-bond donors (Lipinski definition) is 3. The zero-order valence-corrected chi connectivity index (χ0v) is 13.6. The number of carbonyl (C=O) groups excluding carboxylic acids is 2. The number of benzene rings is 1. The maximum Gasteiger partial charge on any atom is 0.319 e. The van der Waals surface area contributed by atoms with Crippen molar-refractivity contribution in [1.29, 1.82) is 0 Å². The molecule has 0 radical (unpaired) electrons. The third-order valence-electron chi connectivity index (χ3n) is 3.83. The number of aliphatic carboxylic acids is 1. The van der Waals surface area contributed by atoms with Gasteiger partial charge in [0.05, 0.1) is 0 Å². The molecule has 0 aliphatic carbocycles. The zero-order chi connectivity index (χ0) is 17.4. The van der Waals surface area contributed by atoms with Crippen LogP contribution in [0.25, 0.3) is 0 Å². The van der Waals surface area contributed by atoms with Crippen LogP contribution in [0.15, 0.2) is 24.3 Å². The van der Waals surface area contributed by atoms with Crippen molar-refractivity contribution in [3.8, 4) is 0 Å². The number of nitrogens with zero attached hydrogens (tertiary/aromatic N) is 1. The number of rotatable bonds is 7. The van der Waals surface area contributed by atoms with Gasteiger partial charge in [-0.05, 0) is 37.0 Å². The zero-order valence-electron chi connectivity index (χ0n) is 13.6. The number of amides is 3. The Balaban J connectivity index is 1.82. The van der Waals surface area contributed by atoms with E-state index in [1.807, 2.05) is 23.1 Å². The van der Waals surface area contributed by atoms with Gasteiger partial charge in [-0.2, -0.15) is 0 Å². The van der Waals surface area contributed by atoms with Gasteiger partial charge in [0, 0.05) is 38.2 Å². The molecule has 1 saturated heterocycles. The highest BCUT2D eigenvalue weighted by Gasteiger charge is 2.18. The van der Waals surface area contributed by atoms with Gasteiger partial charge < -0.3 is 20.6 Å². The number of carboxylic acids is 1. The smallest absolute Gasteiger partial charge is 0.319 e. The molecule has 1 heterocycles. The molecule has 1 aromatic carbocycles. The molecule has 7 nitrogen and oxygen atoms in total. The number of urea groups is 1. The van der Waals surface area contributed by atoms with Crippen molar-refractivity contribution in [1.82, 2.24) is 10.2 Å². The standard InChI is InChI=1S/C17H23N3O4/c21-15-7-1-2-10-20(15)12-13-5-3-6-14(11-13)19-17(24)18-9-4-8-16(22)23/h3,5-6,11H,1-2,4,7-10,12H2,(H,22,23)(H2,18,19,24). The van der Waals surface area contributed by atoms with Crippen molar-refractivity contribution < 1.29 is 19.5 Å². The fourth-order valence-electron chi connectivity index (χ4n) is 2.61. The van der Waals surface area contributed by atoms with Gasteiger partial charge in [0.2, 0.25) is 5.91 Å². The Kier molecular flexibility index (Phi) is 6.60. The van der Waals surface area contributed by atoms with Crippen LogP contribution in [0.3, 0.4) is 0 Å². The number of piperidine rings is 1. The van der Waals surface area contributed by atoms with E-state index >= 15 is 0 Å². The molecule has 3 N–H and O–H groups in total. The third-order valence-corrected chi connectivity index (χ3v) is 3.83. The fraction of sp³-hybridized carbons (Fsp3) is 0.471. The summed E-state index contributed by atoms with van der Waals surface area (Å²) >= 11 is 0. The van der Waals surface area contributed by atoms with E-state index < -0.39 is 5.97 Å². The summed E-state index contributed by atoms with van der Waals surface area (Å²) in [5, 5.41) is 13.9. The summed E-state index contributed by atoms with van der Waals surface area (Å²) in [6.45, 7) is 1.63. The molecule has 0 atom stereocenters. The summed E-state index contributed by atoms with van der Waals surface area (Å²) in [6.07, 6.45) is 3.01. The van der Waals surface area contributed by atoms with Crippen LogP contribution in [-0.4, -0.2) is 41.0 Å². The summed E-state index contributed by atoms with van der Waals surface area (Å²) in [6, 6.07) is 7.02. The van der Waals surface area contributed by atoms with Gasteiger partial charge in [-0.25, -0.2) is 4.79 Å². The molecule has 7 heteroatoms. The molecule has 24 heavy (non-hydrogen) atoms. The lowest BCUT2D eigenvalue weighted by Crippen LogP contribution is -2.34. The molecule has 0 aromatic heterocycles. The average molecular weight is 333 g/mol. The largest absolute Gasteiger partial charge is 0.481 e. The maximum atomic E-state index is 11.9. The van der Waals surface area contributed by atoms with Crippen LogP contribution >= 0.6 is 0 Å². The quantitative estimate of drug-likeness (QED) is 0.666. The van der Waals surface area contributed by atoms with E-state index in [1.54, 1.807) is 6.07 Å². The van der Waals surface area contributed by atoms with Crippen molar-refractivity contribution in [2.24, 2.45) is 0 Å². The molecular weight excluding hydrogens is 310 g/mol. The fourth-order valence-corrected chi connectivity index (χ4v) is 2.61. The minimum Gasteiger partial charge on any atom is -0.481 e. The Morgan fingerprint density at radius 2 is 2.08 bits per heavy atom. The molecule has 2 rings (SSSR count). The molecule has 130 valence electrons. The van der Waals surface area contributed by atoms with E-state index in [9.17, 15) is 14.4 Å². The van der Waals surface area contributed by atoms with E-state index in [0.717, 1.165) is 24.9 Å². The molecular formula is C17H23N3O4. The molecule has 0 spiro atoms. The minimum atomic E-state index is -0.878. The first-order valence-corrected chi connectivity index (χ1v) is 8.18. The molecule has 1 fully saturated rings. The topological polar surface area (TPSA) is 98.7 Å². The number of hydrogen-bond acceptors (Lipinski definition) is 3. The summed E-state index contributed by atoms with van der Waals surface area (Å²) in [7, 11) is 0. The van der Waals surface area contributed by atoms with Crippen LogP contribution in [0.5, 0.6) is 0 Å². The molecule has 1 aliphatic heterocycles. The van der Waals surface area contributed by atoms with Crippen molar-refractivity contribution in [2.45, 2.75) is 38.6 Å². The molecule has 1 aliphatic rings. The normalized spacial score (nSPS) is 14.3. The number of carboxylic acid groups (broad SMARTS) is 1. The molecule has 3 amide bonds. The van der Waals surface area contributed by atoms with Crippen molar-refractivity contribution in [2.75, 3.05) is 18.4 Å². The number of likely N-dealkylation sites (tertiary alicyclic amines) is 1. The number of nitrogens with one attached hydrogen (secondary N) is 2. The Hall–Kier alpha value is -2.57. The molecule has 0 unspecified atom stereocenters. The van der Waals surface area contributed by atoms with E-state index in [-0.39, 0.29) is 18.4 Å². The second-order valence-electron chi connectivity index (χ2n) is 5.85. The van der Waals surface area contributed by atoms with Crippen LogP contribution in [0.2, 0.25) is 0 Å². The third kappa shape index (κ3) is 5.91. The van der Waals surface area contributed by atoms with Gasteiger partial charge in [-0.15, -0.1) is 0 Å². The van der Waals surface area contributed by atoms with Crippen LogP contribution in [0.4, 0.5) is 10.5 Å². The first-order chi connectivity index (χ1) is 11.5. The van der Waals surface area contributed by atoms with Crippen molar-refractivity contribution >= 4 is 23.6 Å². The van der Waals surface area contributed by atoms with Gasteiger partial charge >= 0.3 is 12.0 Å². The monoisotopic (exact) mass is 333 g/mol. The highest BCUT2D eigenvalue weighted by atomic mass is 16.4. The second kappa shape index (κ2) is 8.90. The lowest BCUT2D eigenvalue weighted by molar-refractivity contribution is -0.137. The molecule has 1 aromatic rings. The first kappa shape index (κ1) is 17.8. The van der Waals surface area contributed by atoms with E-state index in [4.69, 9.17) is 5.11 Å². The van der Waals surface area contributed by atoms with Gasteiger partial charge in [0.25, 0.3) is 0 Å². The van der Waals surface area contributed by atoms with Crippen LogP contribution in [0.1, 0.15) is 37.7 Å². The molecule has 0 saturated carbocycles. The maximum absolute atomic E-state index is 11.9. The van der Waals surface area contributed by atoms with Crippen molar-refractivity contribution in [3.05, 3.63) is 29.8 Å². The predicted molar refractivity (Wildman–Crippen MR) is 89.6 cm³/mol. The first-order valence-electron chi connectivity index (χ1n) is 8.18. The van der Waals surface area contributed by atoms with Crippen molar-refractivity contribution in [3.63, 3.8) is 0 Å². The summed E-state index contributed by atoms with van der Waals surface area (Å²) in [5.74, 6) is -0.701. The number of anilines is 1. The van der Waals surface area contributed by atoms with Crippen LogP contribution in [0, 0.1) is 0 Å². The van der Waals surface area contributed by atoms with Gasteiger partial charge in [0.15, 0.2) is 0 Å². The van der Waals surface area contributed by atoms with Gasteiger partial charge in [-0.1, -0.05) is 12.1 Å². The predicted octanol–water partition coefficient (Wildman–Crippen LogP) is 2.19. The lowest BCUT2D eigenvalue weighted by Gasteiger charge is -2.26. The van der Waals surface area contributed by atoms with Gasteiger partial charge in [0.1, 0.15) is 0 Å². The summed E-state index contributed by atoms with van der Waals surface area (Å²) < 4.78 is 0. The Morgan fingerprint density at radius 3 is 2.83 bits per heavy atom. The average Bonchev–Trinajstić information content (AvgIpc) is 2.54. The Labute approximate surface area is 141 Å². The highest BCUT2D eigenvalue weighted by molar-refractivity contribution is 5.89. The minimum absolute atomic E-state index is 0.0274. The lowest BCUT2D eigenvalue weighted by atomic mass is 10.1. The Morgan fingerprint density at radius 1 is 1.25 bits per heavy atom. The summed E-state index contributed by atoms with van der Waals surface area (Å²) in [4.78, 5) is 35.9. The Bertz CT molecular complexity index is 603.